The number of benzene rings is 3. The lowest BCUT2D eigenvalue weighted by Crippen LogP contribution is -2.30. The summed E-state index contributed by atoms with van der Waals surface area (Å²) >= 11 is 0. The molecule has 1 aliphatic carbocycles. The van der Waals surface area contributed by atoms with E-state index >= 15 is 0 Å². The standard InChI is InChI=1S/C28H25N3O6/c32-26(27(33)22-9-10-25(31(35)36)23-15-29-13-11-21(22)23)12-14-30-28(34)37-16-24-19-7-3-1-5-17(19)18-6-2-4-8-20(18)24/h1-11,13,15,24,26-27,32-33H,12,14,16H2,(H,30,34). The lowest BCUT2D eigenvalue weighted by atomic mass is 9.96. The van der Waals surface area contributed by atoms with Gasteiger partial charge in [-0.2, -0.15) is 0 Å². The smallest absolute Gasteiger partial charge is 0.407 e. The van der Waals surface area contributed by atoms with E-state index < -0.39 is 23.2 Å². The molecule has 0 aliphatic heterocycles. The molecule has 1 heterocycles. The second-order valence-electron chi connectivity index (χ2n) is 8.91. The molecule has 2 unspecified atom stereocenters. The van der Waals surface area contributed by atoms with Crippen LogP contribution in [0, 0.1) is 10.1 Å². The number of hydrogen-bond donors (Lipinski definition) is 3. The van der Waals surface area contributed by atoms with Gasteiger partial charge in [-0.1, -0.05) is 48.5 Å². The molecule has 0 bridgehead atoms. The normalized spacial score (nSPS) is 14.0. The number of amides is 1. The second-order valence-corrected chi connectivity index (χ2v) is 8.91. The van der Waals surface area contributed by atoms with Crippen molar-refractivity contribution in [2.75, 3.05) is 13.2 Å². The zero-order valence-corrected chi connectivity index (χ0v) is 19.8. The highest BCUT2D eigenvalue weighted by atomic mass is 16.6. The number of alkyl carbamates (subject to hydrolysis) is 1. The third-order valence-corrected chi connectivity index (χ3v) is 6.76. The summed E-state index contributed by atoms with van der Waals surface area (Å²) in [6.45, 7) is 0.245. The Bertz CT molecular complexity index is 1430. The van der Waals surface area contributed by atoms with Crippen LogP contribution in [0.5, 0.6) is 0 Å². The third kappa shape index (κ3) is 4.74. The Morgan fingerprint density at radius 1 is 1.00 bits per heavy atom. The molecule has 3 N–H and O–H groups in total. The maximum atomic E-state index is 12.4. The number of nitro benzene ring substituents is 1. The number of hydrogen-bond acceptors (Lipinski definition) is 7. The fraction of sp³-hybridized carbons (Fsp3) is 0.214. The maximum Gasteiger partial charge on any atom is 0.407 e. The molecule has 0 saturated carbocycles. The molecule has 0 radical (unpaired) electrons. The summed E-state index contributed by atoms with van der Waals surface area (Å²) in [6, 6.07) is 20.4. The molecule has 2 atom stereocenters. The van der Waals surface area contributed by atoms with Crippen LogP contribution in [0.15, 0.2) is 79.1 Å². The number of aliphatic hydroxyl groups is 2. The van der Waals surface area contributed by atoms with Crippen molar-refractivity contribution in [1.82, 2.24) is 10.3 Å². The van der Waals surface area contributed by atoms with Gasteiger partial charge >= 0.3 is 6.09 Å². The van der Waals surface area contributed by atoms with E-state index in [1.54, 1.807) is 6.07 Å². The zero-order valence-electron chi connectivity index (χ0n) is 19.8. The van der Waals surface area contributed by atoms with Crippen molar-refractivity contribution in [3.8, 4) is 11.1 Å². The molecule has 9 nitrogen and oxygen atoms in total. The topological polar surface area (TPSA) is 135 Å². The maximum absolute atomic E-state index is 12.4. The summed E-state index contributed by atoms with van der Waals surface area (Å²) in [6.07, 6.45) is -0.269. The van der Waals surface area contributed by atoms with Gasteiger partial charge in [0, 0.05) is 30.9 Å². The predicted molar refractivity (Wildman–Crippen MR) is 137 cm³/mol. The van der Waals surface area contributed by atoms with Crippen LogP contribution in [-0.2, 0) is 4.74 Å². The third-order valence-electron chi connectivity index (χ3n) is 6.76. The molecule has 1 amide bonds. The minimum absolute atomic E-state index is 0.0505. The van der Waals surface area contributed by atoms with Crippen LogP contribution in [0.1, 0.15) is 35.1 Å². The Morgan fingerprint density at radius 2 is 1.68 bits per heavy atom. The molecule has 1 aliphatic rings. The van der Waals surface area contributed by atoms with Crippen LogP contribution in [0.25, 0.3) is 21.9 Å². The average molecular weight is 500 g/mol. The molecule has 0 fully saturated rings. The molecule has 37 heavy (non-hydrogen) atoms. The highest BCUT2D eigenvalue weighted by Gasteiger charge is 2.29. The molecule has 0 saturated heterocycles. The Labute approximate surface area is 212 Å². The van der Waals surface area contributed by atoms with Crippen LogP contribution in [0.3, 0.4) is 0 Å². The van der Waals surface area contributed by atoms with Crippen molar-refractivity contribution in [2.45, 2.75) is 24.5 Å². The molecule has 4 aromatic rings. The van der Waals surface area contributed by atoms with Gasteiger partial charge in [0.05, 0.1) is 16.4 Å². The molecule has 188 valence electrons. The fourth-order valence-electron chi connectivity index (χ4n) is 4.95. The number of aromatic nitrogens is 1. The molecule has 9 heteroatoms. The number of fused-ring (bicyclic) bond motifs is 4. The number of rotatable bonds is 8. The minimum Gasteiger partial charge on any atom is -0.449 e. The molecular formula is C28H25N3O6. The van der Waals surface area contributed by atoms with Crippen LogP contribution in [0.4, 0.5) is 10.5 Å². The first-order valence-corrected chi connectivity index (χ1v) is 11.9. The molecule has 0 spiro atoms. The fourth-order valence-corrected chi connectivity index (χ4v) is 4.95. The van der Waals surface area contributed by atoms with Crippen molar-refractivity contribution >= 4 is 22.6 Å². The van der Waals surface area contributed by atoms with Crippen molar-refractivity contribution in [2.24, 2.45) is 0 Å². The first-order valence-electron chi connectivity index (χ1n) is 11.9. The molecule has 3 aromatic carbocycles. The molecular weight excluding hydrogens is 474 g/mol. The highest BCUT2D eigenvalue weighted by Crippen LogP contribution is 2.44. The minimum atomic E-state index is -1.31. The van der Waals surface area contributed by atoms with Crippen molar-refractivity contribution in [3.05, 3.63) is 106 Å². The summed E-state index contributed by atoms with van der Waals surface area (Å²) in [4.78, 5) is 27.1. The summed E-state index contributed by atoms with van der Waals surface area (Å²) in [5.41, 5.74) is 4.71. The summed E-state index contributed by atoms with van der Waals surface area (Å²) < 4.78 is 5.49. The predicted octanol–water partition coefficient (Wildman–Crippen LogP) is 4.47. The first-order chi connectivity index (χ1) is 18.0. The van der Waals surface area contributed by atoms with Crippen molar-refractivity contribution < 1.29 is 24.7 Å². The van der Waals surface area contributed by atoms with Gasteiger partial charge < -0.3 is 20.3 Å². The van der Waals surface area contributed by atoms with Gasteiger partial charge in [0.25, 0.3) is 5.69 Å². The number of aliphatic hydroxyl groups excluding tert-OH is 2. The van der Waals surface area contributed by atoms with Crippen molar-refractivity contribution in [3.63, 3.8) is 0 Å². The number of carbonyl (C=O) groups is 1. The first kappa shape index (κ1) is 24.4. The zero-order chi connectivity index (χ0) is 25.9. The highest BCUT2D eigenvalue weighted by molar-refractivity contribution is 5.92. The largest absolute Gasteiger partial charge is 0.449 e. The number of non-ortho nitro benzene ring substituents is 1. The number of pyridine rings is 1. The summed E-state index contributed by atoms with van der Waals surface area (Å²) in [5.74, 6) is -0.0597. The van der Waals surface area contributed by atoms with E-state index in [-0.39, 0.29) is 36.6 Å². The van der Waals surface area contributed by atoms with Gasteiger partial charge in [-0.3, -0.25) is 15.1 Å². The van der Waals surface area contributed by atoms with Gasteiger partial charge in [-0.15, -0.1) is 0 Å². The number of nitrogens with one attached hydrogen (secondary N) is 1. The number of nitro groups is 1. The molecule has 5 rings (SSSR count). The Balaban J connectivity index is 1.17. The molecule has 1 aromatic heterocycles. The van der Waals surface area contributed by atoms with Crippen molar-refractivity contribution in [1.29, 1.82) is 0 Å². The summed E-state index contributed by atoms with van der Waals surface area (Å²) in [5, 5.41) is 35.9. The quantitative estimate of drug-likeness (QED) is 0.240. The van der Waals surface area contributed by atoms with E-state index in [1.165, 1.54) is 24.5 Å². The second kappa shape index (κ2) is 10.3. The number of carbonyl (C=O) groups excluding carboxylic acids is 1. The van der Waals surface area contributed by atoms with Gasteiger partial charge in [0.15, 0.2) is 0 Å². The van der Waals surface area contributed by atoms with E-state index in [1.807, 2.05) is 36.4 Å². The lowest BCUT2D eigenvalue weighted by Gasteiger charge is -2.20. The Hall–Kier alpha value is -4.34. The van der Waals surface area contributed by atoms with E-state index in [4.69, 9.17) is 4.74 Å². The van der Waals surface area contributed by atoms with Gasteiger partial charge in [0.1, 0.15) is 12.7 Å². The lowest BCUT2D eigenvalue weighted by molar-refractivity contribution is -0.383. The van der Waals surface area contributed by atoms with E-state index in [0.29, 0.717) is 10.9 Å². The van der Waals surface area contributed by atoms with Crippen LogP contribution in [0.2, 0.25) is 0 Å². The van der Waals surface area contributed by atoms with E-state index in [0.717, 1.165) is 22.3 Å². The summed E-state index contributed by atoms with van der Waals surface area (Å²) in [7, 11) is 0. The van der Waals surface area contributed by atoms with Crippen LogP contribution < -0.4 is 5.32 Å². The van der Waals surface area contributed by atoms with E-state index in [9.17, 15) is 25.1 Å². The van der Waals surface area contributed by atoms with Crippen LogP contribution in [-0.4, -0.2) is 45.5 Å². The van der Waals surface area contributed by atoms with E-state index in [2.05, 4.69) is 22.4 Å². The SMILES string of the molecule is O=C(NCCC(O)C(O)c1ccc([N+](=O)[O-])c2cnccc12)OCC1c2ccccc2-c2ccccc21. The number of nitrogens with zero attached hydrogens (tertiary/aromatic N) is 2. The monoisotopic (exact) mass is 499 g/mol. The van der Waals surface area contributed by atoms with Crippen LogP contribution >= 0.6 is 0 Å². The van der Waals surface area contributed by atoms with Gasteiger partial charge in [-0.05, 0) is 51.8 Å². The Kier molecular flexibility index (Phi) is 6.80. The van der Waals surface area contributed by atoms with Gasteiger partial charge in [0.2, 0.25) is 0 Å². The number of ether oxygens (including phenoxy) is 1. The average Bonchev–Trinajstić information content (AvgIpc) is 3.24. The van der Waals surface area contributed by atoms with Gasteiger partial charge in [-0.25, -0.2) is 4.79 Å². The Morgan fingerprint density at radius 3 is 2.35 bits per heavy atom.